The molecular formula is C25H33N3O5. The highest BCUT2D eigenvalue weighted by molar-refractivity contribution is 5.97. The zero-order valence-corrected chi connectivity index (χ0v) is 19.7. The van der Waals surface area contributed by atoms with E-state index in [2.05, 4.69) is 5.32 Å². The van der Waals surface area contributed by atoms with Gasteiger partial charge in [-0.25, -0.2) is 4.79 Å². The minimum Gasteiger partial charge on any atom is -0.462 e. The molecule has 3 rings (SSSR count). The standard InChI is InChI=1S/C25H33N3O5/c1-4-28-23-21(10-6-12-32-13-7-11-26-24(23)30)22(27-28)14-17(2)16-33-25(31)20-9-5-8-19(15-20)18(3)29/h5,8-9,15,17H,4,6-7,10-14,16H2,1-3H3,(H,26,30)/t17-/m1/s1. The molecule has 8 heteroatoms. The van der Waals surface area contributed by atoms with E-state index in [1.165, 1.54) is 6.92 Å². The minimum absolute atomic E-state index is 0.00624. The van der Waals surface area contributed by atoms with Gasteiger partial charge in [0.25, 0.3) is 5.91 Å². The van der Waals surface area contributed by atoms with Crippen LogP contribution < -0.4 is 5.32 Å². The third-order valence-corrected chi connectivity index (χ3v) is 5.66. The fourth-order valence-corrected chi connectivity index (χ4v) is 3.93. The topological polar surface area (TPSA) is 99.5 Å². The normalized spacial score (nSPS) is 15.7. The number of carbonyl (C=O) groups excluding carboxylic acids is 3. The Morgan fingerprint density at radius 2 is 2.00 bits per heavy atom. The number of nitrogens with zero attached hydrogens (tertiary/aromatic N) is 2. The first kappa shape index (κ1) is 24.6. The van der Waals surface area contributed by atoms with Gasteiger partial charge in [0.15, 0.2) is 5.78 Å². The number of Topliss-reactive ketones (excluding diaryl/α,β-unsaturated/α-hetero) is 1. The molecule has 0 aliphatic carbocycles. The summed E-state index contributed by atoms with van der Waals surface area (Å²) in [5.41, 5.74) is 3.27. The Bertz CT molecular complexity index is 998. The lowest BCUT2D eigenvalue weighted by atomic mass is 9.99. The van der Waals surface area contributed by atoms with Crippen LogP contribution in [0.5, 0.6) is 0 Å². The van der Waals surface area contributed by atoms with Crippen molar-refractivity contribution in [2.45, 2.75) is 53.0 Å². The summed E-state index contributed by atoms with van der Waals surface area (Å²) in [5.74, 6) is -0.652. The van der Waals surface area contributed by atoms with Crippen molar-refractivity contribution in [2.24, 2.45) is 5.92 Å². The maximum atomic E-state index is 12.9. The molecule has 1 amide bonds. The first-order valence-corrected chi connectivity index (χ1v) is 11.6. The molecule has 2 aromatic rings. The van der Waals surface area contributed by atoms with E-state index < -0.39 is 5.97 Å². The Morgan fingerprint density at radius 3 is 2.76 bits per heavy atom. The maximum absolute atomic E-state index is 12.9. The molecule has 178 valence electrons. The van der Waals surface area contributed by atoms with E-state index in [0.29, 0.717) is 56.0 Å². The second-order valence-electron chi connectivity index (χ2n) is 8.46. The molecule has 0 spiro atoms. The van der Waals surface area contributed by atoms with Crippen molar-refractivity contribution < 1.29 is 23.9 Å². The fraction of sp³-hybridized carbons (Fsp3) is 0.520. The van der Waals surface area contributed by atoms with Crippen molar-refractivity contribution in [2.75, 3.05) is 26.4 Å². The first-order chi connectivity index (χ1) is 15.9. The predicted octanol–water partition coefficient (Wildman–Crippen LogP) is 3.22. The lowest BCUT2D eigenvalue weighted by Gasteiger charge is -2.13. The summed E-state index contributed by atoms with van der Waals surface area (Å²) in [5, 5.41) is 7.70. The van der Waals surface area contributed by atoms with Crippen LogP contribution in [0, 0.1) is 5.92 Å². The van der Waals surface area contributed by atoms with Gasteiger partial charge in [0.05, 0.1) is 17.9 Å². The average Bonchev–Trinajstić information content (AvgIpc) is 3.13. The molecule has 8 nitrogen and oxygen atoms in total. The van der Waals surface area contributed by atoms with E-state index in [9.17, 15) is 14.4 Å². The summed E-state index contributed by atoms with van der Waals surface area (Å²) in [4.78, 5) is 36.9. The molecule has 2 heterocycles. The van der Waals surface area contributed by atoms with Crippen LogP contribution in [0.1, 0.15) is 76.1 Å². The van der Waals surface area contributed by atoms with E-state index >= 15 is 0 Å². The predicted molar refractivity (Wildman–Crippen MR) is 124 cm³/mol. The molecule has 33 heavy (non-hydrogen) atoms. The number of esters is 1. The van der Waals surface area contributed by atoms with Crippen LogP contribution in [-0.4, -0.2) is 53.8 Å². The molecule has 0 bridgehead atoms. The van der Waals surface area contributed by atoms with Crippen molar-refractivity contribution in [3.8, 4) is 0 Å². The van der Waals surface area contributed by atoms with Crippen LogP contribution >= 0.6 is 0 Å². The number of benzene rings is 1. The molecule has 0 fully saturated rings. The Hall–Kier alpha value is -3.00. The van der Waals surface area contributed by atoms with Gasteiger partial charge in [0, 0.05) is 37.4 Å². The summed E-state index contributed by atoms with van der Waals surface area (Å²) < 4.78 is 12.9. The summed E-state index contributed by atoms with van der Waals surface area (Å²) >= 11 is 0. The van der Waals surface area contributed by atoms with Gasteiger partial charge in [-0.15, -0.1) is 0 Å². The van der Waals surface area contributed by atoms with Crippen molar-refractivity contribution in [1.82, 2.24) is 15.1 Å². The van der Waals surface area contributed by atoms with Gasteiger partial charge in [-0.3, -0.25) is 14.3 Å². The molecule has 1 N–H and O–H groups in total. The molecule has 0 saturated heterocycles. The zero-order chi connectivity index (χ0) is 23.8. The molecule has 1 aromatic heterocycles. The van der Waals surface area contributed by atoms with Crippen molar-refractivity contribution >= 4 is 17.7 Å². The maximum Gasteiger partial charge on any atom is 0.338 e. The van der Waals surface area contributed by atoms with Crippen LogP contribution in [0.3, 0.4) is 0 Å². The van der Waals surface area contributed by atoms with Gasteiger partial charge in [-0.05, 0) is 57.6 Å². The molecule has 1 atom stereocenters. The molecule has 1 aromatic carbocycles. The fourth-order valence-electron chi connectivity index (χ4n) is 3.93. The quantitative estimate of drug-likeness (QED) is 0.508. The largest absolute Gasteiger partial charge is 0.462 e. The highest BCUT2D eigenvalue weighted by Crippen LogP contribution is 2.21. The SMILES string of the molecule is CCn1nc(C[C@@H](C)COC(=O)c2cccc(C(C)=O)c2)c2c1C(=O)NCCCOCCC2. The van der Waals surface area contributed by atoms with Gasteiger partial charge in [-0.2, -0.15) is 5.10 Å². The molecule has 0 radical (unpaired) electrons. The number of fused-ring (bicyclic) bond motifs is 1. The Morgan fingerprint density at radius 1 is 1.24 bits per heavy atom. The van der Waals surface area contributed by atoms with E-state index in [1.807, 2.05) is 13.8 Å². The molecule has 0 unspecified atom stereocenters. The van der Waals surface area contributed by atoms with Gasteiger partial charge in [0.2, 0.25) is 0 Å². The third-order valence-electron chi connectivity index (χ3n) is 5.66. The van der Waals surface area contributed by atoms with Gasteiger partial charge in [0.1, 0.15) is 5.69 Å². The number of ketones is 1. The molecule has 1 aliphatic rings. The number of nitrogens with one attached hydrogen (secondary N) is 1. The number of hydrogen-bond acceptors (Lipinski definition) is 6. The summed E-state index contributed by atoms with van der Waals surface area (Å²) in [6, 6.07) is 6.54. The van der Waals surface area contributed by atoms with Gasteiger partial charge < -0.3 is 14.8 Å². The van der Waals surface area contributed by atoms with E-state index in [-0.39, 0.29) is 24.2 Å². The Labute approximate surface area is 194 Å². The number of ether oxygens (including phenoxy) is 2. The smallest absolute Gasteiger partial charge is 0.338 e. The van der Waals surface area contributed by atoms with Crippen molar-refractivity contribution in [3.05, 3.63) is 52.3 Å². The highest BCUT2D eigenvalue weighted by atomic mass is 16.5. The molecular weight excluding hydrogens is 422 g/mol. The van der Waals surface area contributed by atoms with Gasteiger partial charge in [-0.1, -0.05) is 19.1 Å². The lowest BCUT2D eigenvalue weighted by molar-refractivity contribution is 0.0448. The zero-order valence-electron chi connectivity index (χ0n) is 19.7. The van der Waals surface area contributed by atoms with E-state index in [4.69, 9.17) is 14.6 Å². The Balaban J connectivity index is 1.70. The summed E-state index contributed by atoms with van der Waals surface area (Å²) in [7, 11) is 0. The third kappa shape index (κ3) is 6.51. The lowest BCUT2D eigenvalue weighted by Crippen LogP contribution is -2.28. The van der Waals surface area contributed by atoms with Crippen LogP contribution in [-0.2, 0) is 28.9 Å². The number of amides is 1. The van der Waals surface area contributed by atoms with Crippen LogP contribution in [0.4, 0.5) is 0 Å². The number of hydrogen-bond donors (Lipinski definition) is 1. The monoisotopic (exact) mass is 455 g/mol. The number of rotatable bonds is 7. The van der Waals surface area contributed by atoms with Crippen molar-refractivity contribution in [1.29, 1.82) is 0 Å². The van der Waals surface area contributed by atoms with Crippen LogP contribution in [0.15, 0.2) is 24.3 Å². The summed E-state index contributed by atoms with van der Waals surface area (Å²) in [6.45, 7) is 8.10. The number of aryl methyl sites for hydroxylation is 1. The first-order valence-electron chi connectivity index (χ1n) is 11.6. The second kappa shape index (κ2) is 11.7. The number of carbonyl (C=O) groups is 3. The second-order valence-corrected chi connectivity index (χ2v) is 8.46. The molecule has 1 aliphatic heterocycles. The average molecular weight is 456 g/mol. The summed E-state index contributed by atoms with van der Waals surface area (Å²) in [6.07, 6.45) is 2.90. The van der Waals surface area contributed by atoms with E-state index in [1.54, 1.807) is 28.9 Å². The molecule has 0 saturated carbocycles. The Kier molecular flexibility index (Phi) is 8.77. The van der Waals surface area contributed by atoms with Crippen molar-refractivity contribution in [3.63, 3.8) is 0 Å². The minimum atomic E-state index is -0.458. The van der Waals surface area contributed by atoms with Gasteiger partial charge >= 0.3 is 5.97 Å². The van der Waals surface area contributed by atoms with Crippen LogP contribution in [0.25, 0.3) is 0 Å². The van der Waals surface area contributed by atoms with Crippen LogP contribution in [0.2, 0.25) is 0 Å². The van der Waals surface area contributed by atoms with E-state index in [0.717, 1.165) is 24.1 Å². The highest BCUT2D eigenvalue weighted by Gasteiger charge is 2.24. The number of aromatic nitrogens is 2.